The highest BCUT2D eigenvalue weighted by Crippen LogP contribution is 2.15. The molecule has 0 radical (unpaired) electrons. The van der Waals surface area contributed by atoms with E-state index in [9.17, 15) is 9.18 Å². The molecule has 19 heavy (non-hydrogen) atoms. The van der Waals surface area contributed by atoms with Crippen molar-refractivity contribution in [1.82, 2.24) is 9.78 Å². The maximum absolute atomic E-state index is 13.0. The molecule has 0 N–H and O–H groups in total. The van der Waals surface area contributed by atoms with Crippen LogP contribution in [0.15, 0.2) is 30.6 Å². The first-order valence-corrected chi connectivity index (χ1v) is 5.57. The number of halogens is 1. The van der Waals surface area contributed by atoms with Crippen molar-refractivity contribution >= 4 is 5.97 Å². The third-order valence-corrected chi connectivity index (χ3v) is 2.42. The fraction of sp³-hybridized carbons (Fsp3) is 0.154. The topological polar surface area (TPSA) is 67.9 Å². The van der Waals surface area contributed by atoms with Crippen LogP contribution >= 0.6 is 0 Å². The molecular weight excluding hydrogens is 249 g/mol. The number of hydrogen-bond donors (Lipinski definition) is 0. The van der Waals surface area contributed by atoms with E-state index in [1.54, 1.807) is 6.92 Å². The Labute approximate surface area is 108 Å². The van der Waals surface area contributed by atoms with Gasteiger partial charge in [-0.25, -0.2) is 13.9 Å². The molecular formula is C13H10FN3O2. The van der Waals surface area contributed by atoms with Gasteiger partial charge in [-0.3, -0.25) is 0 Å². The van der Waals surface area contributed by atoms with Gasteiger partial charge in [-0.05, 0) is 25.1 Å². The number of nitrogens with zero attached hydrogens (tertiary/aromatic N) is 3. The highest BCUT2D eigenvalue weighted by Gasteiger charge is 2.12. The quantitative estimate of drug-likeness (QED) is 0.791. The monoisotopic (exact) mass is 259 g/mol. The van der Waals surface area contributed by atoms with Crippen molar-refractivity contribution in [3.63, 3.8) is 0 Å². The minimum absolute atomic E-state index is 0.138. The summed E-state index contributed by atoms with van der Waals surface area (Å²) in [6.07, 6.45) is 2.77. The van der Waals surface area contributed by atoms with E-state index in [4.69, 9.17) is 10.00 Å². The Morgan fingerprint density at radius 3 is 3.05 bits per heavy atom. The Hall–Kier alpha value is -2.68. The van der Waals surface area contributed by atoms with E-state index in [2.05, 4.69) is 5.10 Å². The SMILES string of the molecule is CCOC(=O)c1cnn(-c2ccc(F)cc2C#N)c1. The van der Waals surface area contributed by atoms with Crippen molar-refractivity contribution < 1.29 is 13.9 Å². The molecule has 0 atom stereocenters. The van der Waals surface area contributed by atoms with Gasteiger partial charge in [-0.15, -0.1) is 0 Å². The number of carbonyl (C=O) groups excluding carboxylic acids is 1. The lowest BCUT2D eigenvalue weighted by Gasteiger charge is -2.03. The van der Waals surface area contributed by atoms with Crippen molar-refractivity contribution in [3.8, 4) is 11.8 Å². The summed E-state index contributed by atoms with van der Waals surface area (Å²) in [6, 6.07) is 5.64. The zero-order chi connectivity index (χ0) is 13.8. The third kappa shape index (κ3) is 2.60. The molecule has 1 aromatic carbocycles. The molecule has 0 aliphatic rings. The van der Waals surface area contributed by atoms with Crippen LogP contribution in [0, 0.1) is 17.1 Å². The summed E-state index contributed by atoms with van der Waals surface area (Å²) in [5.41, 5.74) is 0.813. The summed E-state index contributed by atoms with van der Waals surface area (Å²) in [5.74, 6) is -0.993. The van der Waals surface area contributed by atoms with Gasteiger partial charge in [0.15, 0.2) is 0 Å². The molecule has 0 unspecified atom stereocenters. The van der Waals surface area contributed by atoms with E-state index in [1.807, 2.05) is 6.07 Å². The van der Waals surface area contributed by atoms with Crippen molar-refractivity contribution in [2.75, 3.05) is 6.61 Å². The number of carbonyl (C=O) groups is 1. The second kappa shape index (κ2) is 5.31. The summed E-state index contributed by atoms with van der Waals surface area (Å²) in [6.45, 7) is 1.97. The molecule has 0 spiro atoms. The summed E-state index contributed by atoms with van der Waals surface area (Å²) >= 11 is 0. The van der Waals surface area contributed by atoms with Crippen molar-refractivity contribution in [2.24, 2.45) is 0 Å². The van der Waals surface area contributed by atoms with Gasteiger partial charge in [0.05, 0.1) is 29.6 Å². The van der Waals surface area contributed by atoms with E-state index in [0.29, 0.717) is 5.69 Å². The van der Waals surface area contributed by atoms with Crippen LogP contribution in [-0.4, -0.2) is 22.4 Å². The summed E-state index contributed by atoms with van der Waals surface area (Å²) in [5, 5.41) is 12.9. The molecule has 1 aromatic heterocycles. The van der Waals surface area contributed by atoms with Crippen LogP contribution < -0.4 is 0 Å². The fourth-order valence-electron chi connectivity index (χ4n) is 1.57. The molecule has 96 valence electrons. The van der Waals surface area contributed by atoms with E-state index >= 15 is 0 Å². The first-order valence-electron chi connectivity index (χ1n) is 5.57. The molecule has 2 aromatic rings. The summed E-state index contributed by atoms with van der Waals surface area (Å²) in [7, 11) is 0. The van der Waals surface area contributed by atoms with Crippen LogP contribution in [0.3, 0.4) is 0 Å². The standard InChI is InChI=1S/C13H10FN3O2/c1-2-19-13(18)10-7-16-17(8-10)12-4-3-11(14)5-9(12)6-15/h3-5,7-8H,2H2,1H3. The third-order valence-electron chi connectivity index (χ3n) is 2.42. The second-order valence-corrected chi connectivity index (χ2v) is 3.67. The number of hydrogen-bond acceptors (Lipinski definition) is 4. The summed E-state index contributed by atoms with van der Waals surface area (Å²) < 4.78 is 19.2. The van der Waals surface area contributed by atoms with Crippen LogP contribution in [0.2, 0.25) is 0 Å². The largest absolute Gasteiger partial charge is 0.462 e. The number of benzene rings is 1. The predicted octanol–water partition coefficient (Wildman–Crippen LogP) is 2.06. The molecule has 1 heterocycles. The van der Waals surface area contributed by atoms with E-state index in [1.165, 1.54) is 29.2 Å². The summed E-state index contributed by atoms with van der Waals surface area (Å²) in [4.78, 5) is 11.5. The van der Waals surface area contributed by atoms with E-state index < -0.39 is 11.8 Å². The van der Waals surface area contributed by atoms with Crippen LogP contribution in [0.1, 0.15) is 22.8 Å². The van der Waals surface area contributed by atoms with Crippen molar-refractivity contribution in [1.29, 1.82) is 5.26 Å². The highest BCUT2D eigenvalue weighted by atomic mass is 19.1. The maximum atomic E-state index is 13.0. The smallest absolute Gasteiger partial charge is 0.341 e. The molecule has 5 nitrogen and oxygen atoms in total. The van der Waals surface area contributed by atoms with Gasteiger partial charge < -0.3 is 4.74 Å². The van der Waals surface area contributed by atoms with Crippen molar-refractivity contribution in [3.05, 3.63) is 47.5 Å². The Morgan fingerprint density at radius 2 is 2.37 bits per heavy atom. The Bertz CT molecular complexity index is 658. The number of nitriles is 1. The number of esters is 1. The van der Waals surface area contributed by atoms with E-state index in [0.717, 1.165) is 6.07 Å². The first kappa shape index (κ1) is 12.8. The van der Waals surface area contributed by atoms with Gasteiger partial charge in [0, 0.05) is 6.20 Å². The minimum atomic E-state index is -0.502. The van der Waals surface area contributed by atoms with Crippen molar-refractivity contribution in [2.45, 2.75) is 6.92 Å². The first-order chi connectivity index (χ1) is 9.15. The van der Waals surface area contributed by atoms with Crippen LogP contribution in [0.25, 0.3) is 5.69 Å². The van der Waals surface area contributed by atoms with Gasteiger partial charge >= 0.3 is 5.97 Å². The molecule has 0 saturated heterocycles. The van der Waals surface area contributed by atoms with E-state index in [-0.39, 0.29) is 17.7 Å². The normalized spacial score (nSPS) is 9.95. The number of rotatable bonds is 3. The fourth-order valence-corrected chi connectivity index (χ4v) is 1.57. The zero-order valence-corrected chi connectivity index (χ0v) is 10.1. The predicted molar refractivity (Wildman–Crippen MR) is 64.2 cm³/mol. The average Bonchev–Trinajstić information content (AvgIpc) is 2.88. The van der Waals surface area contributed by atoms with Crippen LogP contribution in [0.5, 0.6) is 0 Å². The molecule has 0 fully saturated rings. The van der Waals surface area contributed by atoms with Gasteiger partial charge in [0.25, 0.3) is 0 Å². The number of aromatic nitrogens is 2. The molecule has 0 aliphatic carbocycles. The molecule has 2 rings (SSSR count). The molecule has 0 saturated carbocycles. The van der Waals surface area contributed by atoms with Gasteiger partial charge in [-0.2, -0.15) is 10.4 Å². The lowest BCUT2D eigenvalue weighted by atomic mass is 10.2. The van der Waals surface area contributed by atoms with Crippen LogP contribution in [0.4, 0.5) is 4.39 Å². The van der Waals surface area contributed by atoms with Gasteiger partial charge in [0.1, 0.15) is 11.9 Å². The molecule has 0 aliphatic heterocycles. The zero-order valence-electron chi connectivity index (χ0n) is 10.1. The lowest BCUT2D eigenvalue weighted by Crippen LogP contribution is -2.03. The Balaban J connectivity index is 2.39. The minimum Gasteiger partial charge on any atom is -0.462 e. The lowest BCUT2D eigenvalue weighted by molar-refractivity contribution is 0.0526. The second-order valence-electron chi connectivity index (χ2n) is 3.67. The highest BCUT2D eigenvalue weighted by molar-refractivity contribution is 5.88. The molecule has 0 bridgehead atoms. The van der Waals surface area contributed by atoms with Crippen LogP contribution in [-0.2, 0) is 4.74 Å². The van der Waals surface area contributed by atoms with Gasteiger partial charge in [-0.1, -0.05) is 0 Å². The maximum Gasteiger partial charge on any atom is 0.341 e. The van der Waals surface area contributed by atoms with Gasteiger partial charge in [0.2, 0.25) is 0 Å². The molecule has 0 amide bonds. The average molecular weight is 259 g/mol. The molecule has 6 heteroatoms. The number of ether oxygens (including phenoxy) is 1. The Morgan fingerprint density at radius 1 is 1.58 bits per heavy atom. The Kier molecular flexibility index (Phi) is 3.57.